The molecule has 0 amide bonds. The Morgan fingerprint density at radius 2 is 1.75 bits per heavy atom. The van der Waals surface area contributed by atoms with Gasteiger partial charge < -0.3 is 15.2 Å². The number of nitrogens with two attached hydrogens (primary N) is 1. The lowest BCUT2D eigenvalue weighted by atomic mass is 10.0. The van der Waals surface area contributed by atoms with Gasteiger partial charge in [-0.3, -0.25) is 4.79 Å². The number of hydrogen-bond acceptors (Lipinski definition) is 4. The summed E-state index contributed by atoms with van der Waals surface area (Å²) in [6.45, 7) is 0. The maximum absolute atomic E-state index is 12.5. The summed E-state index contributed by atoms with van der Waals surface area (Å²) in [5.41, 5.74) is 7.26. The Labute approximate surface area is 125 Å². The van der Waals surface area contributed by atoms with Gasteiger partial charge in [-0.15, -0.1) is 0 Å². The Hall–Kier alpha value is -2.01. The smallest absolute Gasteiger partial charge is 0.195 e. The summed E-state index contributed by atoms with van der Waals surface area (Å²) in [6.07, 6.45) is 0. The van der Waals surface area contributed by atoms with E-state index in [2.05, 4.69) is 15.9 Å². The standard InChI is InChI=1S/C15H14BrNO3/c1-19-13-6-3-9(7-14(13)20-2)15(18)11-5-4-10(16)8-12(11)17/h3-8H,17H2,1-2H3. The molecule has 0 fully saturated rings. The average molecular weight is 336 g/mol. The van der Waals surface area contributed by atoms with Crippen molar-refractivity contribution in [3.8, 4) is 11.5 Å². The van der Waals surface area contributed by atoms with E-state index in [1.807, 2.05) is 0 Å². The molecule has 2 rings (SSSR count). The zero-order valence-corrected chi connectivity index (χ0v) is 12.7. The van der Waals surface area contributed by atoms with Crippen molar-refractivity contribution in [1.29, 1.82) is 0 Å². The van der Waals surface area contributed by atoms with Crippen LogP contribution in [0.4, 0.5) is 5.69 Å². The van der Waals surface area contributed by atoms with Gasteiger partial charge in [-0.05, 0) is 36.4 Å². The normalized spacial score (nSPS) is 10.2. The van der Waals surface area contributed by atoms with E-state index in [1.165, 1.54) is 7.11 Å². The molecule has 0 atom stereocenters. The van der Waals surface area contributed by atoms with Gasteiger partial charge in [0.1, 0.15) is 0 Å². The van der Waals surface area contributed by atoms with Crippen molar-refractivity contribution in [3.63, 3.8) is 0 Å². The lowest BCUT2D eigenvalue weighted by Crippen LogP contribution is -2.06. The lowest BCUT2D eigenvalue weighted by molar-refractivity contribution is 0.103. The van der Waals surface area contributed by atoms with E-state index in [4.69, 9.17) is 15.2 Å². The number of nitrogen functional groups attached to an aromatic ring is 1. The molecule has 4 nitrogen and oxygen atoms in total. The van der Waals surface area contributed by atoms with Crippen LogP contribution < -0.4 is 15.2 Å². The van der Waals surface area contributed by atoms with Crippen LogP contribution in [0.1, 0.15) is 15.9 Å². The van der Waals surface area contributed by atoms with E-state index in [1.54, 1.807) is 43.5 Å². The molecule has 0 aliphatic carbocycles. The zero-order valence-electron chi connectivity index (χ0n) is 11.1. The Kier molecular flexibility index (Phi) is 4.29. The van der Waals surface area contributed by atoms with Crippen LogP contribution in [-0.2, 0) is 0 Å². The summed E-state index contributed by atoms with van der Waals surface area (Å²) < 4.78 is 11.2. The number of ketones is 1. The molecule has 104 valence electrons. The van der Waals surface area contributed by atoms with E-state index in [9.17, 15) is 4.79 Å². The summed E-state index contributed by atoms with van der Waals surface area (Å²) in [5.74, 6) is 0.929. The first-order valence-corrected chi connectivity index (χ1v) is 6.68. The minimum atomic E-state index is -0.157. The summed E-state index contributed by atoms with van der Waals surface area (Å²) in [6, 6.07) is 10.2. The highest BCUT2D eigenvalue weighted by Crippen LogP contribution is 2.29. The van der Waals surface area contributed by atoms with Crippen molar-refractivity contribution in [1.82, 2.24) is 0 Å². The molecule has 0 aliphatic rings. The predicted octanol–water partition coefficient (Wildman–Crippen LogP) is 3.28. The van der Waals surface area contributed by atoms with Gasteiger partial charge in [-0.25, -0.2) is 0 Å². The second-order valence-corrected chi connectivity index (χ2v) is 5.05. The molecule has 2 aromatic carbocycles. The molecule has 0 spiro atoms. The van der Waals surface area contributed by atoms with Crippen LogP contribution in [0.2, 0.25) is 0 Å². The van der Waals surface area contributed by atoms with Gasteiger partial charge in [0.05, 0.1) is 14.2 Å². The highest BCUT2D eigenvalue weighted by Gasteiger charge is 2.15. The number of carbonyl (C=O) groups excluding carboxylic acids is 1. The summed E-state index contributed by atoms with van der Waals surface area (Å²) in [7, 11) is 3.08. The third-order valence-corrected chi connectivity index (χ3v) is 3.40. The van der Waals surface area contributed by atoms with E-state index in [0.29, 0.717) is 28.3 Å². The topological polar surface area (TPSA) is 61.5 Å². The fourth-order valence-electron chi connectivity index (χ4n) is 1.87. The highest BCUT2D eigenvalue weighted by atomic mass is 79.9. The first kappa shape index (κ1) is 14.4. The fourth-order valence-corrected chi connectivity index (χ4v) is 2.25. The van der Waals surface area contributed by atoms with E-state index in [0.717, 1.165) is 4.47 Å². The third kappa shape index (κ3) is 2.77. The van der Waals surface area contributed by atoms with Gasteiger partial charge >= 0.3 is 0 Å². The fraction of sp³-hybridized carbons (Fsp3) is 0.133. The Morgan fingerprint density at radius 3 is 2.35 bits per heavy atom. The summed E-state index contributed by atoms with van der Waals surface area (Å²) >= 11 is 3.32. The van der Waals surface area contributed by atoms with Gasteiger partial charge in [0.25, 0.3) is 0 Å². The van der Waals surface area contributed by atoms with Crippen LogP contribution >= 0.6 is 15.9 Å². The molecule has 0 saturated carbocycles. The minimum absolute atomic E-state index is 0.157. The molecule has 0 radical (unpaired) electrons. The second kappa shape index (κ2) is 5.96. The van der Waals surface area contributed by atoms with Crippen molar-refractivity contribution < 1.29 is 14.3 Å². The van der Waals surface area contributed by atoms with Crippen molar-refractivity contribution in [2.45, 2.75) is 0 Å². The predicted molar refractivity (Wildman–Crippen MR) is 81.5 cm³/mol. The number of hydrogen-bond donors (Lipinski definition) is 1. The molecular formula is C15H14BrNO3. The summed E-state index contributed by atoms with van der Waals surface area (Å²) in [4.78, 5) is 12.5. The summed E-state index contributed by atoms with van der Waals surface area (Å²) in [5, 5.41) is 0. The molecule has 2 N–H and O–H groups in total. The molecule has 0 heterocycles. The number of rotatable bonds is 4. The number of halogens is 1. The number of methoxy groups -OCH3 is 2. The van der Waals surface area contributed by atoms with Crippen LogP contribution in [0.5, 0.6) is 11.5 Å². The maximum Gasteiger partial charge on any atom is 0.195 e. The highest BCUT2D eigenvalue weighted by molar-refractivity contribution is 9.10. The first-order chi connectivity index (χ1) is 9.56. The molecule has 0 saturated heterocycles. The Morgan fingerprint density at radius 1 is 1.05 bits per heavy atom. The Balaban J connectivity index is 2.43. The average Bonchev–Trinajstić information content (AvgIpc) is 2.45. The molecule has 0 aliphatic heterocycles. The third-order valence-electron chi connectivity index (χ3n) is 2.90. The van der Waals surface area contributed by atoms with Gasteiger partial charge in [0.2, 0.25) is 0 Å². The molecule has 20 heavy (non-hydrogen) atoms. The molecular weight excluding hydrogens is 322 g/mol. The number of carbonyl (C=O) groups is 1. The molecule has 0 aromatic heterocycles. The largest absolute Gasteiger partial charge is 0.493 e. The second-order valence-electron chi connectivity index (χ2n) is 4.13. The van der Waals surface area contributed by atoms with Crippen molar-refractivity contribution in [3.05, 3.63) is 52.0 Å². The number of anilines is 1. The van der Waals surface area contributed by atoms with Crippen molar-refractivity contribution in [2.24, 2.45) is 0 Å². The molecule has 0 bridgehead atoms. The molecule has 0 unspecified atom stereocenters. The minimum Gasteiger partial charge on any atom is -0.493 e. The van der Waals surface area contributed by atoms with Crippen LogP contribution in [0.15, 0.2) is 40.9 Å². The maximum atomic E-state index is 12.5. The van der Waals surface area contributed by atoms with Crippen LogP contribution in [0.3, 0.4) is 0 Å². The van der Waals surface area contributed by atoms with Crippen molar-refractivity contribution >= 4 is 27.4 Å². The van der Waals surface area contributed by atoms with Crippen LogP contribution in [-0.4, -0.2) is 20.0 Å². The van der Waals surface area contributed by atoms with E-state index < -0.39 is 0 Å². The zero-order chi connectivity index (χ0) is 14.7. The van der Waals surface area contributed by atoms with Crippen molar-refractivity contribution in [2.75, 3.05) is 20.0 Å². The number of ether oxygens (including phenoxy) is 2. The van der Waals surface area contributed by atoms with E-state index in [-0.39, 0.29) is 5.78 Å². The quantitative estimate of drug-likeness (QED) is 0.688. The van der Waals surface area contributed by atoms with Gasteiger partial charge in [0, 0.05) is 21.3 Å². The Bertz CT molecular complexity index is 656. The molecule has 5 heteroatoms. The lowest BCUT2D eigenvalue weighted by Gasteiger charge is -2.10. The van der Waals surface area contributed by atoms with Crippen LogP contribution in [0.25, 0.3) is 0 Å². The first-order valence-electron chi connectivity index (χ1n) is 5.88. The van der Waals surface area contributed by atoms with Gasteiger partial charge in [-0.1, -0.05) is 15.9 Å². The van der Waals surface area contributed by atoms with E-state index >= 15 is 0 Å². The molecule has 2 aromatic rings. The van der Waals surface area contributed by atoms with Crippen LogP contribution in [0, 0.1) is 0 Å². The monoisotopic (exact) mass is 335 g/mol. The SMILES string of the molecule is COc1ccc(C(=O)c2ccc(Br)cc2N)cc1OC. The van der Waals surface area contributed by atoms with Gasteiger partial charge in [0.15, 0.2) is 17.3 Å². The number of benzene rings is 2. The van der Waals surface area contributed by atoms with Gasteiger partial charge in [-0.2, -0.15) is 0 Å².